The van der Waals surface area contributed by atoms with E-state index in [1.807, 2.05) is 30.3 Å². The Morgan fingerprint density at radius 1 is 1.18 bits per heavy atom. The van der Waals surface area contributed by atoms with Crippen molar-refractivity contribution >= 4 is 39.3 Å². The van der Waals surface area contributed by atoms with Crippen LogP contribution in [0.5, 0.6) is 11.5 Å². The van der Waals surface area contributed by atoms with Crippen LogP contribution < -0.4 is 24.4 Å². The number of esters is 1. The Morgan fingerprint density at radius 3 is 2.56 bits per heavy atom. The minimum Gasteiger partial charge on any atom is -0.497 e. The maximum atomic E-state index is 13.7. The molecule has 176 valence electrons. The van der Waals surface area contributed by atoms with Gasteiger partial charge in [-0.25, -0.2) is 9.79 Å². The largest absolute Gasteiger partial charge is 0.497 e. The van der Waals surface area contributed by atoms with Crippen LogP contribution in [0.25, 0.3) is 6.08 Å². The summed E-state index contributed by atoms with van der Waals surface area (Å²) in [6.07, 6.45) is 1.78. The molecule has 9 heteroatoms. The highest BCUT2D eigenvalue weighted by atomic mass is 79.9. The third-order valence-corrected chi connectivity index (χ3v) is 6.90. The lowest BCUT2D eigenvalue weighted by Gasteiger charge is -2.24. The molecule has 0 saturated heterocycles. The molecule has 0 bridgehead atoms. The summed E-state index contributed by atoms with van der Waals surface area (Å²) < 4.78 is 19.0. The van der Waals surface area contributed by atoms with Gasteiger partial charge in [-0.1, -0.05) is 39.4 Å². The summed E-state index contributed by atoms with van der Waals surface area (Å²) in [5.41, 5.74) is 2.12. The highest BCUT2D eigenvalue weighted by Crippen LogP contribution is 2.31. The van der Waals surface area contributed by atoms with Crippen LogP contribution in [-0.2, 0) is 9.53 Å². The lowest BCUT2D eigenvalue weighted by atomic mass is 9.96. The van der Waals surface area contributed by atoms with Crippen LogP contribution in [0.1, 0.15) is 31.0 Å². The Hall–Kier alpha value is -3.17. The first-order valence-corrected chi connectivity index (χ1v) is 12.2. The SMILES string of the molecule is CCOC(=O)C1=C(C)N=c2s/c(=C\c3cc(Br)ccc3OC)c(=O)n2[C@@H]1c1ccc(OC)cc1. The minimum absolute atomic E-state index is 0.220. The molecule has 1 aliphatic rings. The van der Waals surface area contributed by atoms with Gasteiger partial charge < -0.3 is 14.2 Å². The maximum Gasteiger partial charge on any atom is 0.338 e. The fourth-order valence-corrected chi connectivity index (χ4v) is 5.27. The predicted molar refractivity (Wildman–Crippen MR) is 134 cm³/mol. The van der Waals surface area contributed by atoms with Crippen molar-refractivity contribution in [3.8, 4) is 11.5 Å². The fraction of sp³-hybridized carbons (Fsp3) is 0.240. The third kappa shape index (κ3) is 4.45. The number of hydrogen-bond donors (Lipinski definition) is 0. The van der Waals surface area contributed by atoms with Crippen LogP contribution in [0.2, 0.25) is 0 Å². The van der Waals surface area contributed by atoms with Crippen molar-refractivity contribution in [2.24, 2.45) is 4.99 Å². The third-order valence-electron chi connectivity index (χ3n) is 5.43. The van der Waals surface area contributed by atoms with E-state index in [1.54, 1.807) is 50.8 Å². The lowest BCUT2D eigenvalue weighted by molar-refractivity contribution is -0.139. The number of methoxy groups -OCH3 is 2. The van der Waals surface area contributed by atoms with Gasteiger partial charge >= 0.3 is 5.97 Å². The van der Waals surface area contributed by atoms with Gasteiger partial charge in [0, 0.05) is 10.0 Å². The Labute approximate surface area is 208 Å². The van der Waals surface area contributed by atoms with Crippen molar-refractivity contribution in [3.63, 3.8) is 0 Å². The molecule has 0 spiro atoms. The summed E-state index contributed by atoms with van der Waals surface area (Å²) in [5.74, 6) is 0.827. The molecule has 34 heavy (non-hydrogen) atoms. The van der Waals surface area contributed by atoms with Gasteiger partial charge in [-0.05, 0) is 55.8 Å². The summed E-state index contributed by atoms with van der Waals surface area (Å²) >= 11 is 4.74. The van der Waals surface area contributed by atoms with Gasteiger partial charge in [0.2, 0.25) is 0 Å². The molecule has 4 rings (SSSR count). The van der Waals surface area contributed by atoms with Crippen LogP contribution in [0.4, 0.5) is 0 Å². The zero-order valence-electron chi connectivity index (χ0n) is 19.1. The van der Waals surface area contributed by atoms with Crippen molar-refractivity contribution in [2.75, 3.05) is 20.8 Å². The fourth-order valence-electron chi connectivity index (χ4n) is 3.85. The van der Waals surface area contributed by atoms with Crippen LogP contribution in [-0.4, -0.2) is 31.4 Å². The number of halogens is 1. The molecule has 3 aromatic rings. The molecule has 7 nitrogen and oxygen atoms in total. The summed E-state index contributed by atoms with van der Waals surface area (Å²) in [5, 5.41) is 0. The van der Waals surface area contributed by atoms with Crippen molar-refractivity contribution in [1.82, 2.24) is 4.57 Å². The second-order valence-corrected chi connectivity index (χ2v) is 9.39. The summed E-state index contributed by atoms with van der Waals surface area (Å²) in [6.45, 7) is 3.73. The average Bonchev–Trinajstić information content (AvgIpc) is 3.13. The van der Waals surface area contributed by atoms with Gasteiger partial charge in [0.15, 0.2) is 4.80 Å². The van der Waals surface area contributed by atoms with Crippen LogP contribution in [0, 0.1) is 0 Å². The van der Waals surface area contributed by atoms with E-state index in [2.05, 4.69) is 20.9 Å². The number of rotatable bonds is 6. The summed E-state index contributed by atoms with van der Waals surface area (Å²) in [7, 11) is 3.17. The molecule has 0 saturated carbocycles. The average molecular weight is 543 g/mol. The molecule has 0 unspecified atom stereocenters. The van der Waals surface area contributed by atoms with Gasteiger partial charge in [0.1, 0.15) is 11.5 Å². The van der Waals surface area contributed by atoms with Crippen molar-refractivity contribution in [1.29, 1.82) is 0 Å². The van der Waals surface area contributed by atoms with Crippen LogP contribution in [0.3, 0.4) is 0 Å². The van der Waals surface area contributed by atoms with Crippen molar-refractivity contribution in [2.45, 2.75) is 19.9 Å². The highest BCUT2D eigenvalue weighted by Gasteiger charge is 2.33. The maximum absolute atomic E-state index is 13.7. The molecule has 0 N–H and O–H groups in total. The quantitative estimate of drug-likeness (QED) is 0.445. The van der Waals surface area contributed by atoms with Gasteiger partial charge in [-0.15, -0.1) is 0 Å². The molecule has 1 aromatic heterocycles. The highest BCUT2D eigenvalue weighted by molar-refractivity contribution is 9.10. The topological polar surface area (TPSA) is 79.1 Å². The lowest BCUT2D eigenvalue weighted by Crippen LogP contribution is -2.39. The molecule has 1 atom stereocenters. The second-order valence-electron chi connectivity index (χ2n) is 7.46. The minimum atomic E-state index is -0.673. The number of allylic oxidation sites excluding steroid dienone is 1. The van der Waals surface area contributed by atoms with E-state index in [1.165, 1.54) is 11.3 Å². The van der Waals surface area contributed by atoms with E-state index in [4.69, 9.17) is 14.2 Å². The van der Waals surface area contributed by atoms with E-state index in [-0.39, 0.29) is 12.2 Å². The Kier molecular flexibility index (Phi) is 7.04. The molecule has 0 amide bonds. The Morgan fingerprint density at radius 2 is 1.91 bits per heavy atom. The number of hydrogen-bond acceptors (Lipinski definition) is 7. The van der Waals surface area contributed by atoms with Crippen LogP contribution in [0.15, 0.2) is 68.0 Å². The van der Waals surface area contributed by atoms with Gasteiger partial charge in [0.05, 0.1) is 42.7 Å². The monoisotopic (exact) mass is 542 g/mol. The number of carbonyl (C=O) groups is 1. The molecule has 2 heterocycles. The van der Waals surface area contributed by atoms with Gasteiger partial charge in [-0.3, -0.25) is 9.36 Å². The van der Waals surface area contributed by atoms with Crippen molar-refractivity contribution in [3.05, 3.63) is 89.0 Å². The Balaban J connectivity index is 1.96. The van der Waals surface area contributed by atoms with E-state index >= 15 is 0 Å². The number of benzene rings is 2. The first-order valence-electron chi connectivity index (χ1n) is 10.5. The number of fused-ring (bicyclic) bond motifs is 1. The zero-order valence-corrected chi connectivity index (χ0v) is 21.5. The van der Waals surface area contributed by atoms with Crippen molar-refractivity contribution < 1.29 is 19.0 Å². The normalized spacial score (nSPS) is 15.6. The van der Waals surface area contributed by atoms with Gasteiger partial charge in [-0.2, -0.15) is 0 Å². The first-order chi connectivity index (χ1) is 16.4. The number of carbonyl (C=O) groups excluding carboxylic acids is 1. The molecule has 0 aliphatic carbocycles. The predicted octanol–water partition coefficient (Wildman–Crippen LogP) is 3.58. The number of nitrogens with zero attached hydrogens (tertiary/aromatic N) is 2. The summed E-state index contributed by atoms with van der Waals surface area (Å²) in [6, 6.07) is 12.2. The molecule has 2 aromatic carbocycles. The molecule has 0 radical (unpaired) electrons. The molecule has 1 aliphatic heterocycles. The van der Waals surface area contributed by atoms with E-state index in [0.717, 1.165) is 15.6 Å². The smallest absolute Gasteiger partial charge is 0.338 e. The zero-order chi connectivity index (χ0) is 24.4. The first kappa shape index (κ1) is 24.0. The number of aromatic nitrogens is 1. The van der Waals surface area contributed by atoms with E-state index in [0.29, 0.717) is 32.1 Å². The van der Waals surface area contributed by atoms with Crippen LogP contribution >= 0.6 is 27.3 Å². The van der Waals surface area contributed by atoms with E-state index in [9.17, 15) is 9.59 Å². The molecular weight excluding hydrogens is 520 g/mol. The van der Waals surface area contributed by atoms with E-state index < -0.39 is 12.0 Å². The molecular formula is C25H23BrN2O5S. The second kappa shape index (κ2) is 9.99. The number of thiazole rings is 1. The van der Waals surface area contributed by atoms with Gasteiger partial charge in [0.25, 0.3) is 5.56 Å². The summed E-state index contributed by atoms with van der Waals surface area (Å²) in [4.78, 5) is 31.7. The standard InChI is InChI=1S/C25H23BrN2O5S/c1-5-33-24(30)21-14(2)27-25-28(22(21)15-6-9-18(31-3)10-7-15)23(29)20(34-25)13-16-12-17(26)8-11-19(16)32-4/h6-13,22H,5H2,1-4H3/b20-13-/t22-/m1/s1. The Bertz CT molecular complexity index is 1450. The molecule has 0 fully saturated rings. The number of ether oxygens (including phenoxy) is 3.